The molecule has 24 heavy (non-hydrogen) atoms. The van der Waals surface area contributed by atoms with E-state index in [1.165, 1.54) is 0 Å². The van der Waals surface area contributed by atoms with Gasteiger partial charge in [0, 0.05) is 38.5 Å². The predicted octanol–water partition coefficient (Wildman–Crippen LogP) is 1.55. The number of aliphatic hydroxyl groups is 1. The zero-order chi connectivity index (χ0) is 17.4. The average Bonchev–Trinajstić information content (AvgIpc) is 2.83. The summed E-state index contributed by atoms with van der Waals surface area (Å²) in [4.78, 5) is 12.7. The predicted molar refractivity (Wildman–Crippen MR) is 91.0 cm³/mol. The molecule has 1 spiro atoms. The molecule has 0 aliphatic carbocycles. The Morgan fingerprint density at radius 2 is 2.08 bits per heavy atom. The summed E-state index contributed by atoms with van der Waals surface area (Å²) in [6.45, 7) is 9.07. The number of hydrogen-bond acceptors (Lipinski definition) is 4. The summed E-state index contributed by atoms with van der Waals surface area (Å²) in [5.41, 5.74) is 2.58. The monoisotopic (exact) mass is 335 g/mol. The summed E-state index contributed by atoms with van der Waals surface area (Å²) in [5, 5.41) is 17.5. The van der Waals surface area contributed by atoms with Crippen molar-refractivity contribution in [1.29, 1.82) is 0 Å². The smallest absolute Gasteiger partial charge is 0.269 e. The summed E-state index contributed by atoms with van der Waals surface area (Å²) in [5.74, 6) is -0.0178. The van der Waals surface area contributed by atoms with Crippen molar-refractivity contribution in [2.45, 2.75) is 53.0 Å². The zero-order valence-electron chi connectivity index (χ0n) is 15.0. The molecule has 3 heterocycles. The fourth-order valence-electron chi connectivity index (χ4n) is 3.82. The lowest BCUT2D eigenvalue weighted by Gasteiger charge is -2.36. The molecule has 0 bridgehead atoms. The van der Waals surface area contributed by atoms with Crippen molar-refractivity contribution in [2.75, 3.05) is 26.4 Å². The Bertz CT molecular complexity index is 615. The van der Waals surface area contributed by atoms with Crippen molar-refractivity contribution < 1.29 is 14.6 Å². The summed E-state index contributed by atoms with van der Waals surface area (Å²) in [6, 6.07) is 0. The van der Waals surface area contributed by atoms with Crippen LogP contribution < -0.4 is 5.32 Å². The van der Waals surface area contributed by atoms with Gasteiger partial charge in [0.05, 0.1) is 5.69 Å². The van der Waals surface area contributed by atoms with Gasteiger partial charge in [-0.2, -0.15) is 5.10 Å². The van der Waals surface area contributed by atoms with Gasteiger partial charge in [-0.3, -0.25) is 9.48 Å². The van der Waals surface area contributed by atoms with E-state index in [-0.39, 0.29) is 23.3 Å². The van der Waals surface area contributed by atoms with Crippen LogP contribution in [0.3, 0.4) is 0 Å². The number of rotatable bonds is 4. The van der Waals surface area contributed by atoms with E-state index in [9.17, 15) is 9.90 Å². The molecule has 3 rings (SSSR count). The molecule has 1 fully saturated rings. The van der Waals surface area contributed by atoms with Crippen molar-refractivity contribution in [3.63, 3.8) is 0 Å². The number of aryl methyl sites for hydroxylation is 1. The van der Waals surface area contributed by atoms with Gasteiger partial charge in [-0.05, 0) is 43.4 Å². The molecule has 6 heteroatoms. The molecule has 2 aliphatic rings. The van der Waals surface area contributed by atoms with Crippen LogP contribution in [0.15, 0.2) is 0 Å². The molecule has 134 valence electrons. The van der Waals surface area contributed by atoms with Crippen molar-refractivity contribution >= 4 is 5.91 Å². The SMILES string of the molecule is CCn1nc(CC(C)(C)CO)c2c1C(=O)NCC1(CCOCC1)C2. The average molecular weight is 335 g/mol. The first kappa shape index (κ1) is 17.4. The number of carbonyl (C=O) groups is 1. The highest BCUT2D eigenvalue weighted by Crippen LogP contribution is 2.38. The maximum atomic E-state index is 12.7. The Labute approximate surface area is 143 Å². The normalized spacial score (nSPS) is 20.6. The van der Waals surface area contributed by atoms with Crippen LogP contribution in [-0.4, -0.2) is 47.2 Å². The first-order valence-electron chi connectivity index (χ1n) is 8.95. The number of aliphatic hydroxyl groups excluding tert-OH is 1. The van der Waals surface area contributed by atoms with E-state index in [1.54, 1.807) is 0 Å². The number of ether oxygens (including phenoxy) is 1. The van der Waals surface area contributed by atoms with E-state index in [0.29, 0.717) is 25.2 Å². The third-order valence-corrected chi connectivity index (χ3v) is 5.45. The van der Waals surface area contributed by atoms with Crippen LogP contribution in [0, 0.1) is 10.8 Å². The third-order valence-electron chi connectivity index (χ3n) is 5.45. The lowest BCUT2D eigenvalue weighted by atomic mass is 9.74. The Morgan fingerprint density at radius 1 is 1.38 bits per heavy atom. The van der Waals surface area contributed by atoms with Crippen LogP contribution in [0.25, 0.3) is 0 Å². The standard InChI is InChI=1S/C18H29N3O3/c1-4-21-15-13(14(20-21)10-17(2,3)12-22)9-18(11-19-16(15)23)5-7-24-8-6-18/h22H,4-12H2,1-3H3,(H,19,23). The van der Waals surface area contributed by atoms with Crippen LogP contribution in [0.2, 0.25) is 0 Å². The molecule has 0 unspecified atom stereocenters. The minimum absolute atomic E-state index is 0.0178. The van der Waals surface area contributed by atoms with E-state index >= 15 is 0 Å². The van der Waals surface area contributed by atoms with Gasteiger partial charge >= 0.3 is 0 Å². The number of aromatic nitrogens is 2. The van der Waals surface area contributed by atoms with E-state index in [0.717, 1.165) is 43.7 Å². The quantitative estimate of drug-likeness (QED) is 0.875. The summed E-state index contributed by atoms with van der Waals surface area (Å²) < 4.78 is 7.37. The molecule has 0 saturated carbocycles. The molecule has 1 amide bonds. The Morgan fingerprint density at radius 3 is 2.71 bits per heavy atom. The number of amides is 1. The van der Waals surface area contributed by atoms with Gasteiger partial charge < -0.3 is 15.2 Å². The van der Waals surface area contributed by atoms with Gasteiger partial charge in [0.2, 0.25) is 0 Å². The Hall–Kier alpha value is -1.40. The molecular formula is C18H29N3O3. The molecule has 1 saturated heterocycles. The zero-order valence-corrected chi connectivity index (χ0v) is 15.0. The molecule has 6 nitrogen and oxygen atoms in total. The van der Waals surface area contributed by atoms with Gasteiger partial charge in [-0.15, -0.1) is 0 Å². The van der Waals surface area contributed by atoms with Gasteiger partial charge in [0.25, 0.3) is 5.91 Å². The largest absolute Gasteiger partial charge is 0.396 e. The highest BCUT2D eigenvalue weighted by Gasteiger charge is 2.40. The maximum absolute atomic E-state index is 12.7. The molecule has 1 aromatic heterocycles. The third kappa shape index (κ3) is 3.22. The topological polar surface area (TPSA) is 76.4 Å². The summed E-state index contributed by atoms with van der Waals surface area (Å²) >= 11 is 0. The molecule has 0 aromatic carbocycles. The van der Waals surface area contributed by atoms with Crippen molar-refractivity contribution in [3.05, 3.63) is 17.0 Å². The van der Waals surface area contributed by atoms with E-state index < -0.39 is 0 Å². The van der Waals surface area contributed by atoms with Crippen LogP contribution in [0.5, 0.6) is 0 Å². The van der Waals surface area contributed by atoms with Crippen molar-refractivity contribution in [2.24, 2.45) is 10.8 Å². The maximum Gasteiger partial charge on any atom is 0.269 e. The minimum atomic E-state index is -0.244. The van der Waals surface area contributed by atoms with Gasteiger partial charge in [-0.25, -0.2) is 0 Å². The molecule has 0 atom stereocenters. The Balaban J connectivity index is 2.03. The number of nitrogens with one attached hydrogen (secondary N) is 1. The first-order valence-corrected chi connectivity index (χ1v) is 8.95. The Kier molecular flexibility index (Phi) is 4.71. The highest BCUT2D eigenvalue weighted by molar-refractivity contribution is 5.94. The van der Waals surface area contributed by atoms with Crippen LogP contribution in [-0.2, 0) is 24.1 Å². The van der Waals surface area contributed by atoms with E-state index in [1.807, 2.05) is 25.5 Å². The summed E-state index contributed by atoms with van der Waals surface area (Å²) in [7, 11) is 0. The second-order valence-electron chi connectivity index (χ2n) is 8.06. The van der Waals surface area contributed by atoms with Crippen molar-refractivity contribution in [1.82, 2.24) is 15.1 Å². The number of hydrogen-bond donors (Lipinski definition) is 2. The number of fused-ring (bicyclic) bond motifs is 1. The van der Waals surface area contributed by atoms with Crippen molar-refractivity contribution in [3.8, 4) is 0 Å². The van der Waals surface area contributed by atoms with E-state index in [4.69, 9.17) is 9.84 Å². The van der Waals surface area contributed by atoms with Gasteiger partial charge in [0.1, 0.15) is 5.69 Å². The second-order valence-corrected chi connectivity index (χ2v) is 8.06. The fourth-order valence-corrected chi connectivity index (χ4v) is 3.82. The molecule has 1 aromatic rings. The summed E-state index contributed by atoms with van der Waals surface area (Å²) in [6.07, 6.45) is 3.47. The lowest BCUT2D eigenvalue weighted by molar-refractivity contribution is 0.0159. The highest BCUT2D eigenvalue weighted by atomic mass is 16.5. The first-order chi connectivity index (χ1) is 11.4. The lowest BCUT2D eigenvalue weighted by Crippen LogP contribution is -2.40. The molecule has 2 aliphatic heterocycles. The van der Waals surface area contributed by atoms with Crippen LogP contribution >= 0.6 is 0 Å². The van der Waals surface area contributed by atoms with Crippen LogP contribution in [0.1, 0.15) is 55.4 Å². The molecule has 2 N–H and O–H groups in total. The molecule has 0 radical (unpaired) electrons. The van der Waals surface area contributed by atoms with Gasteiger partial charge in [0.15, 0.2) is 0 Å². The fraction of sp³-hybridized carbons (Fsp3) is 0.778. The second kappa shape index (κ2) is 6.48. The molecular weight excluding hydrogens is 306 g/mol. The number of carbonyl (C=O) groups excluding carboxylic acids is 1. The van der Waals surface area contributed by atoms with Crippen LogP contribution in [0.4, 0.5) is 0 Å². The van der Waals surface area contributed by atoms with Gasteiger partial charge in [-0.1, -0.05) is 13.8 Å². The minimum Gasteiger partial charge on any atom is -0.396 e. The number of nitrogens with zero attached hydrogens (tertiary/aromatic N) is 2. The van der Waals surface area contributed by atoms with E-state index in [2.05, 4.69) is 5.32 Å².